The number of nitrogens with zero attached hydrogens (tertiary/aromatic N) is 1. The molecular weight excluding hydrogens is 248 g/mol. The molecule has 1 aromatic heterocycles. The summed E-state index contributed by atoms with van der Waals surface area (Å²) < 4.78 is 0. The highest BCUT2D eigenvalue weighted by atomic mass is 16.2. The van der Waals surface area contributed by atoms with E-state index in [1.54, 1.807) is 6.20 Å². The Labute approximate surface area is 120 Å². The smallest absolute Gasteiger partial charge is 0.235 e. The molecule has 1 heterocycles. The molecule has 0 aromatic carbocycles. The Kier molecular flexibility index (Phi) is 2.79. The van der Waals surface area contributed by atoms with E-state index in [2.05, 4.69) is 30.7 Å². The third kappa shape index (κ3) is 1.72. The van der Waals surface area contributed by atoms with Crippen LogP contribution < -0.4 is 5.32 Å². The third-order valence-electron chi connectivity index (χ3n) is 5.48. The fourth-order valence-corrected chi connectivity index (χ4v) is 3.98. The highest BCUT2D eigenvalue weighted by Crippen LogP contribution is 2.65. The Morgan fingerprint density at radius 3 is 2.85 bits per heavy atom. The molecule has 2 fully saturated rings. The van der Waals surface area contributed by atoms with E-state index in [0.29, 0.717) is 11.7 Å². The summed E-state index contributed by atoms with van der Waals surface area (Å²) >= 11 is 0. The summed E-state index contributed by atoms with van der Waals surface area (Å²) in [5, 5.41) is 3.00. The highest BCUT2D eigenvalue weighted by Gasteiger charge is 2.60. The molecule has 0 spiro atoms. The molecule has 2 aliphatic carbocycles. The zero-order valence-corrected chi connectivity index (χ0v) is 12.5. The lowest BCUT2D eigenvalue weighted by atomic mass is 9.68. The van der Waals surface area contributed by atoms with Crippen LogP contribution in [0.15, 0.2) is 30.5 Å². The van der Waals surface area contributed by atoms with Crippen LogP contribution in [0, 0.1) is 23.7 Å². The van der Waals surface area contributed by atoms with E-state index >= 15 is 0 Å². The SMILES string of the molecule is C=C1C(C)(C)[C@H]2CC[C@@]1(C(=O)Nc1cc(C)ccn1)C2. The summed E-state index contributed by atoms with van der Waals surface area (Å²) in [5.41, 5.74) is 1.91. The molecule has 0 saturated heterocycles. The molecule has 0 radical (unpaired) electrons. The van der Waals surface area contributed by atoms with E-state index in [1.807, 2.05) is 19.1 Å². The number of fused-ring (bicyclic) bond motifs is 2. The number of hydrogen-bond acceptors (Lipinski definition) is 2. The van der Waals surface area contributed by atoms with Crippen LogP contribution in [0.1, 0.15) is 38.7 Å². The van der Waals surface area contributed by atoms with Crippen molar-refractivity contribution in [3.8, 4) is 0 Å². The van der Waals surface area contributed by atoms with Crippen molar-refractivity contribution >= 4 is 11.7 Å². The van der Waals surface area contributed by atoms with Crippen molar-refractivity contribution in [2.75, 3.05) is 5.32 Å². The van der Waals surface area contributed by atoms with Gasteiger partial charge in [0.2, 0.25) is 5.91 Å². The standard InChI is InChI=1S/C17H22N2O/c1-11-6-8-18-14(9-11)19-15(20)17-7-5-13(10-17)16(3,4)12(17)2/h6,8-9,13H,2,5,7,10H2,1,3-4H3,(H,18,19,20)/t13-,17+/m0/s1. The van der Waals surface area contributed by atoms with Crippen molar-refractivity contribution < 1.29 is 4.79 Å². The summed E-state index contributed by atoms with van der Waals surface area (Å²) in [6.45, 7) is 10.7. The van der Waals surface area contributed by atoms with Crippen molar-refractivity contribution in [1.82, 2.24) is 4.98 Å². The van der Waals surface area contributed by atoms with E-state index in [-0.39, 0.29) is 16.7 Å². The lowest BCUT2D eigenvalue weighted by molar-refractivity contribution is -0.123. The van der Waals surface area contributed by atoms with E-state index in [1.165, 1.54) is 0 Å². The fraction of sp³-hybridized carbons (Fsp3) is 0.529. The molecule has 3 heteroatoms. The molecule has 3 nitrogen and oxygen atoms in total. The van der Waals surface area contributed by atoms with Gasteiger partial charge in [-0.3, -0.25) is 4.79 Å². The Morgan fingerprint density at radius 2 is 2.25 bits per heavy atom. The molecule has 1 amide bonds. The zero-order chi connectivity index (χ0) is 14.5. The molecule has 1 aromatic rings. The van der Waals surface area contributed by atoms with Crippen molar-refractivity contribution in [1.29, 1.82) is 0 Å². The first-order chi connectivity index (χ1) is 9.36. The van der Waals surface area contributed by atoms with Crippen LogP contribution in [-0.4, -0.2) is 10.9 Å². The van der Waals surface area contributed by atoms with Gasteiger partial charge >= 0.3 is 0 Å². The monoisotopic (exact) mass is 270 g/mol. The number of carbonyl (C=O) groups excluding carboxylic acids is 1. The van der Waals surface area contributed by atoms with Gasteiger partial charge in [0.1, 0.15) is 5.82 Å². The molecule has 2 saturated carbocycles. The van der Waals surface area contributed by atoms with E-state index in [0.717, 1.165) is 30.4 Å². The molecule has 2 atom stereocenters. The summed E-state index contributed by atoms with van der Waals surface area (Å²) in [6.07, 6.45) is 4.72. The van der Waals surface area contributed by atoms with Gasteiger partial charge in [0.15, 0.2) is 0 Å². The second-order valence-corrected chi connectivity index (χ2v) is 6.89. The topological polar surface area (TPSA) is 42.0 Å². The number of aromatic nitrogens is 1. The van der Waals surface area contributed by atoms with E-state index in [4.69, 9.17) is 0 Å². The van der Waals surface area contributed by atoms with Gasteiger partial charge in [-0.05, 0) is 55.2 Å². The molecule has 0 aliphatic heterocycles. The predicted molar refractivity (Wildman–Crippen MR) is 80.3 cm³/mol. The van der Waals surface area contributed by atoms with Gasteiger partial charge in [-0.25, -0.2) is 4.98 Å². The van der Waals surface area contributed by atoms with Gasteiger partial charge in [0.25, 0.3) is 0 Å². The molecule has 1 N–H and O–H groups in total. The summed E-state index contributed by atoms with van der Waals surface area (Å²) in [4.78, 5) is 17.0. The van der Waals surface area contributed by atoms with Crippen LogP contribution in [-0.2, 0) is 4.79 Å². The minimum atomic E-state index is -0.375. The number of carbonyl (C=O) groups is 1. The van der Waals surface area contributed by atoms with Crippen LogP contribution in [0.3, 0.4) is 0 Å². The molecule has 2 bridgehead atoms. The lowest BCUT2D eigenvalue weighted by Crippen LogP contribution is -2.37. The molecule has 106 valence electrons. The number of amides is 1. The molecule has 3 rings (SSSR count). The number of anilines is 1. The van der Waals surface area contributed by atoms with Crippen LogP contribution in [0.2, 0.25) is 0 Å². The van der Waals surface area contributed by atoms with Gasteiger partial charge in [-0.1, -0.05) is 26.0 Å². The van der Waals surface area contributed by atoms with Gasteiger partial charge in [0.05, 0.1) is 5.41 Å². The van der Waals surface area contributed by atoms with Crippen molar-refractivity contribution in [2.24, 2.45) is 16.7 Å². The average Bonchev–Trinajstić information content (AvgIpc) is 2.90. The van der Waals surface area contributed by atoms with Gasteiger partial charge in [-0.2, -0.15) is 0 Å². The highest BCUT2D eigenvalue weighted by molar-refractivity contribution is 5.97. The molecule has 2 aliphatic rings. The summed E-state index contributed by atoms with van der Waals surface area (Å²) in [6, 6.07) is 3.83. The van der Waals surface area contributed by atoms with Crippen molar-refractivity contribution in [3.63, 3.8) is 0 Å². The maximum Gasteiger partial charge on any atom is 0.235 e. The maximum atomic E-state index is 12.8. The predicted octanol–water partition coefficient (Wildman–Crippen LogP) is 3.71. The van der Waals surface area contributed by atoms with Gasteiger partial charge < -0.3 is 5.32 Å². The molecule has 20 heavy (non-hydrogen) atoms. The van der Waals surface area contributed by atoms with E-state index in [9.17, 15) is 4.79 Å². The van der Waals surface area contributed by atoms with Crippen LogP contribution >= 0.6 is 0 Å². The lowest BCUT2D eigenvalue weighted by Gasteiger charge is -2.37. The zero-order valence-electron chi connectivity index (χ0n) is 12.5. The largest absolute Gasteiger partial charge is 0.310 e. The quantitative estimate of drug-likeness (QED) is 0.832. The third-order valence-corrected chi connectivity index (χ3v) is 5.48. The normalized spacial score (nSPS) is 30.6. The van der Waals surface area contributed by atoms with Crippen molar-refractivity contribution in [2.45, 2.75) is 40.0 Å². The Hall–Kier alpha value is -1.64. The Morgan fingerprint density at radius 1 is 1.50 bits per heavy atom. The number of hydrogen-bond donors (Lipinski definition) is 1. The number of rotatable bonds is 2. The van der Waals surface area contributed by atoms with Crippen molar-refractivity contribution in [3.05, 3.63) is 36.0 Å². The second-order valence-electron chi connectivity index (χ2n) is 6.89. The maximum absolute atomic E-state index is 12.8. The summed E-state index contributed by atoms with van der Waals surface area (Å²) in [7, 11) is 0. The first kappa shape index (κ1) is 13.3. The Bertz CT molecular complexity index is 590. The second kappa shape index (κ2) is 4.18. The van der Waals surface area contributed by atoms with Crippen LogP contribution in [0.25, 0.3) is 0 Å². The number of nitrogens with one attached hydrogen (secondary N) is 1. The first-order valence-electron chi connectivity index (χ1n) is 7.30. The number of pyridine rings is 1. The van der Waals surface area contributed by atoms with E-state index < -0.39 is 0 Å². The van der Waals surface area contributed by atoms with Crippen LogP contribution in [0.5, 0.6) is 0 Å². The van der Waals surface area contributed by atoms with Crippen LogP contribution in [0.4, 0.5) is 5.82 Å². The van der Waals surface area contributed by atoms with Gasteiger partial charge in [0, 0.05) is 6.20 Å². The minimum Gasteiger partial charge on any atom is -0.310 e. The Balaban J connectivity index is 1.86. The minimum absolute atomic E-state index is 0.0775. The molecular formula is C17H22N2O. The average molecular weight is 270 g/mol. The number of aryl methyl sites for hydroxylation is 1. The summed E-state index contributed by atoms with van der Waals surface area (Å²) in [5.74, 6) is 1.31. The fourth-order valence-electron chi connectivity index (χ4n) is 3.98. The first-order valence-corrected chi connectivity index (χ1v) is 7.30. The molecule has 0 unspecified atom stereocenters. The van der Waals surface area contributed by atoms with Gasteiger partial charge in [-0.15, -0.1) is 0 Å².